The lowest BCUT2D eigenvalue weighted by molar-refractivity contribution is 0.300. The molecule has 0 aliphatic carbocycles. The van der Waals surface area contributed by atoms with E-state index in [9.17, 15) is 0 Å². The van der Waals surface area contributed by atoms with Crippen LogP contribution < -0.4 is 15.6 Å². The predicted octanol–water partition coefficient (Wildman–Crippen LogP) is 2.73. The zero-order chi connectivity index (χ0) is 13.0. The van der Waals surface area contributed by atoms with Crippen molar-refractivity contribution in [3.63, 3.8) is 0 Å². The molecule has 2 rings (SSSR count). The molecule has 0 bridgehead atoms. The Kier molecular flexibility index (Phi) is 4.17. The fraction of sp³-hybridized carbons (Fsp3) is 0.154. The summed E-state index contributed by atoms with van der Waals surface area (Å²) in [4.78, 5) is 4.21. The summed E-state index contributed by atoms with van der Waals surface area (Å²) in [5.41, 5.74) is 1.69. The topological polar surface area (TPSA) is 51.4 Å². The quantitative estimate of drug-likeness (QED) is 0.697. The van der Waals surface area contributed by atoms with E-state index in [1.165, 1.54) is 5.01 Å². The molecule has 94 valence electrons. The number of hydrogen-bond acceptors (Lipinski definition) is 4. The van der Waals surface area contributed by atoms with E-state index in [1.54, 1.807) is 13.2 Å². The summed E-state index contributed by atoms with van der Waals surface area (Å²) in [5.74, 6) is 6.49. The predicted molar refractivity (Wildman–Crippen MR) is 75.3 cm³/mol. The molecule has 18 heavy (non-hydrogen) atoms. The fourth-order valence-electron chi connectivity index (χ4n) is 1.55. The number of hydrogen-bond donors (Lipinski definition) is 1. The van der Waals surface area contributed by atoms with Crippen molar-refractivity contribution in [2.75, 3.05) is 12.1 Å². The third-order valence-electron chi connectivity index (χ3n) is 2.42. The van der Waals surface area contributed by atoms with Gasteiger partial charge in [0.2, 0.25) is 0 Å². The minimum atomic E-state index is 0.407. The minimum absolute atomic E-state index is 0.407. The van der Waals surface area contributed by atoms with Crippen LogP contribution in [0.1, 0.15) is 5.69 Å². The lowest BCUT2D eigenvalue weighted by Gasteiger charge is -2.18. The highest BCUT2D eigenvalue weighted by Crippen LogP contribution is 2.34. The van der Waals surface area contributed by atoms with Crippen LogP contribution >= 0.6 is 15.9 Å². The van der Waals surface area contributed by atoms with Gasteiger partial charge in [-0.1, -0.05) is 12.1 Å². The lowest BCUT2D eigenvalue weighted by atomic mass is 10.3. The zero-order valence-corrected chi connectivity index (χ0v) is 11.6. The standard InChI is InChI=1S/C13H14BrN3O/c1-17(15)12-7-4-6-11(14)13(12)18-9-10-5-2-3-8-16-10/h2-8H,9,15H2,1H3. The van der Waals surface area contributed by atoms with Crippen molar-refractivity contribution in [2.45, 2.75) is 6.61 Å². The Balaban J connectivity index is 2.19. The smallest absolute Gasteiger partial charge is 0.158 e. The number of aromatic nitrogens is 1. The summed E-state index contributed by atoms with van der Waals surface area (Å²) < 4.78 is 6.65. The van der Waals surface area contributed by atoms with Gasteiger partial charge in [-0.25, -0.2) is 5.84 Å². The molecule has 0 saturated carbocycles. The lowest BCUT2D eigenvalue weighted by Crippen LogP contribution is -2.25. The second-order valence-electron chi connectivity index (χ2n) is 3.81. The SMILES string of the molecule is CN(N)c1cccc(Br)c1OCc1ccccn1. The molecular weight excluding hydrogens is 294 g/mol. The average molecular weight is 308 g/mol. The number of anilines is 1. The molecule has 0 aliphatic rings. The van der Waals surface area contributed by atoms with Crippen LogP contribution in [0.3, 0.4) is 0 Å². The van der Waals surface area contributed by atoms with Crippen molar-refractivity contribution >= 4 is 21.6 Å². The largest absolute Gasteiger partial charge is 0.484 e. The Hall–Kier alpha value is -1.59. The van der Waals surface area contributed by atoms with Gasteiger partial charge in [-0.05, 0) is 40.2 Å². The molecular formula is C13H14BrN3O. The molecule has 1 heterocycles. The molecule has 1 aromatic heterocycles. The normalized spacial score (nSPS) is 10.2. The fourth-order valence-corrected chi connectivity index (χ4v) is 2.02. The first-order valence-corrected chi connectivity index (χ1v) is 6.27. The van der Waals surface area contributed by atoms with E-state index in [0.717, 1.165) is 15.9 Å². The number of benzene rings is 1. The number of ether oxygens (including phenoxy) is 1. The van der Waals surface area contributed by atoms with Gasteiger partial charge in [0.15, 0.2) is 5.75 Å². The Morgan fingerprint density at radius 1 is 1.28 bits per heavy atom. The third kappa shape index (κ3) is 3.00. The molecule has 0 radical (unpaired) electrons. The van der Waals surface area contributed by atoms with E-state index in [0.29, 0.717) is 12.4 Å². The zero-order valence-electron chi connectivity index (χ0n) is 10.0. The van der Waals surface area contributed by atoms with Crippen LogP contribution in [0.25, 0.3) is 0 Å². The molecule has 5 heteroatoms. The van der Waals surface area contributed by atoms with Crippen molar-refractivity contribution in [3.05, 3.63) is 52.8 Å². The Bertz CT molecular complexity index is 517. The van der Waals surface area contributed by atoms with Gasteiger partial charge in [0.05, 0.1) is 15.9 Å². The number of nitrogens with zero attached hydrogens (tertiary/aromatic N) is 2. The molecule has 1 aromatic carbocycles. The Labute approximate surface area is 114 Å². The van der Waals surface area contributed by atoms with E-state index >= 15 is 0 Å². The van der Waals surface area contributed by atoms with E-state index in [-0.39, 0.29) is 0 Å². The molecule has 4 nitrogen and oxygen atoms in total. The van der Waals surface area contributed by atoms with Crippen LogP contribution in [0, 0.1) is 0 Å². The van der Waals surface area contributed by atoms with E-state index in [1.807, 2.05) is 36.4 Å². The molecule has 0 spiro atoms. The van der Waals surface area contributed by atoms with Crippen LogP contribution in [0.5, 0.6) is 5.75 Å². The first-order chi connectivity index (χ1) is 8.68. The summed E-state index contributed by atoms with van der Waals surface area (Å²) in [5, 5.41) is 1.53. The van der Waals surface area contributed by atoms with Gasteiger partial charge >= 0.3 is 0 Å². The summed E-state index contributed by atoms with van der Waals surface area (Å²) >= 11 is 3.46. The molecule has 2 aromatic rings. The van der Waals surface area contributed by atoms with Crippen molar-refractivity contribution in [3.8, 4) is 5.75 Å². The van der Waals surface area contributed by atoms with Gasteiger partial charge in [0.25, 0.3) is 0 Å². The van der Waals surface area contributed by atoms with Crippen molar-refractivity contribution in [2.24, 2.45) is 5.84 Å². The number of pyridine rings is 1. The summed E-state index contributed by atoms with van der Waals surface area (Å²) in [7, 11) is 1.77. The maximum Gasteiger partial charge on any atom is 0.158 e. The van der Waals surface area contributed by atoms with Crippen molar-refractivity contribution in [1.82, 2.24) is 4.98 Å². The minimum Gasteiger partial charge on any atom is -0.484 e. The number of para-hydroxylation sites is 1. The maximum atomic E-state index is 5.78. The molecule has 0 atom stereocenters. The van der Waals surface area contributed by atoms with Crippen LogP contribution in [0.2, 0.25) is 0 Å². The highest BCUT2D eigenvalue weighted by Gasteiger charge is 2.10. The Morgan fingerprint density at radius 3 is 2.78 bits per heavy atom. The van der Waals surface area contributed by atoms with Gasteiger partial charge in [-0.3, -0.25) is 4.98 Å². The Morgan fingerprint density at radius 2 is 2.11 bits per heavy atom. The first-order valence-electron chi connectivity index (χ1n) is 5.48. The second kappa shape index (κ2) is 5.84. The number of nitrogens with two attached hydrogens (primary N) is 1. The van der Waals surface area contributed by atoms with Crippen LogP contribution in [0.15, 0.2) is 47.1 Å². The van der Waals surface area contributed by atoms with E-state index < -0.39 is 0 Å². The molecule has 0 amide bonds. The van der Waals surface area contributed by atoms with Crippen LogP contribution in [-0.2, 0) is 6.61 Å². The second-order valence-corrected chi connectivity index (χ2v) is 4.66. The number of hydrazine groups is 1. The van der Waals surface area contributed by atoms with Gasteiger partial charge in [0.1, 0.15) is 6.61 Å². The van der Waals surface area contributed by atoms with Crippen LogP contribution in [0.4, 0.5) is 5.69 Å². The van der Waals surface area contributed by atoms with Gasteiger partial charge in [0, 0.05) is 13.2 Å². The number of halogens is 1. The van der Waals surface area contributed by atoms with Crippen LogP contribution in [-0.4, -0.2) is 12.0 Å². The monoisotopic (exact) mass is 307 g/mol. The summed E-state index contributed by atoms with van der Waals surface area (Å²) in [6.07, 6.45) is 1.74. The molecule has 0 saturated heterocycles. The molecule has 0 unspecified atom stereocenters. The summed E-state index contributed by atoms with van der Waals surface area (Å²) in [6, 6.07) is 11.5. The first kappa shape index (κ1) is 12.9. The molecule has 2 N–H and O–H groups in total. The maximum absolute atomic E-state index is 5.78. The van der Waals surface area contributed by atoms with E-state index in [4.69, 9.17) is 10.6 Å². The van der Waals surface area contributed by atoms with E-state index in [2.05, 4.69) is 20.9 Å². The van der Waals surface area contributed by atoms with Gasteiger partial charge < -0.3 is 9.75 Å². The van der Waals surface area contributed by atoms with Gasteiger partial charge in [-0.15, -0.1) is 0 Å². The highest BCUT2D eigenvalue weighted by atomic mass is 79.9. The number of rotatable bonds is 4. The average Bonchev–Trinajstić information content (AvgIpc) is 2.38. The van der Waals surface area contributed by atoms with Crippen molar-refractivity contribution < 1.29 is 4.74 Å². The third-order valence-corrected chi connectivity index (χ3v) is 3.04. The van der Waals surface area contributed by atoms with Gasteiger partial charge in [-0.2, -0.15) is 0 Å². The highest BCUT2D eigenvalue weighted by molar-refractivity contribution is 9.10. The molecule has 0 aliphatic heterocycles. The molecule has 0 fully saturated rings. The van der Waals surface area contributed by atoms with Crippen molar-refractivity contribution in [1.29, 1.82) is 0 Å². The summed E-state index contributed by atoms with van der Waals surface area (Å²) in [6.45, 7) is 0.407.